The fourth-order valence-corrected chi connectivity index (χ4v) is 3.23. The van der Waals surface area contributed by atoms with Gasteiger partial charge in [0.1, 0.15) is 11.6 Å². The van der Waals surface area contributed by atoms with Gasteiger partial charge in [-0.25, -0.2) is 13.6 Å². The van der Waals surface area contributed by atoms with Gasteiger partial charge in [0.05, 0.1) is 17.9 Å². The SMILES string of the molecule is CC(C)(C)OC(=O)C(C)(C)CN1CC2C(C1=O)N(C(=O)O)CC2(F)F. The molecule has 0 aliphatic carbocycles. The molecule has 2 unspecified atom stereocenters. The summed E-state index contributed by atoms with van der Waals surface area (Å²) in [5.41, 5.74) is -1.82. The Morgan fingerprint density at radius 2 is 1.84 bits per heavy atom. The fourth-order valence-electron chi connectivity index (χ4n) is 3.23. The standard InChI is InChI=1S/C16H24F2N2O5/c1-14(2,3)25-12(22)15(4,5)7-19-6-9-10(11(19)21)20(13(23)24)8-16(9,17)18/h9-10H,6-8H2,1-5H3,(H,23,24). The van der Waals surface area contributed by atoms with Crippen molar-refractivity contribution >= 4 is 18.0 Å². The number of carboxylic acid groups (broad SMARTS) is 1. The first kappa shape index (κ1) is 19.4. The minimum Gasteiger partial charge on any atom is -0.465 e. The Bertz CT molecular complexity index is 600. The van der Waals surface area contributed by atoms with Crippen molar-refractivity contribution in [3.05, 3.63) is 0 Å². The first-order chi connectivity index (χ1) is 11.2. The van der Waals surface area contributed by atoms with Gasteiger partial charge in [-0.15, -0.1) is 0 Å². The summed E-state index contributed by atoms with van der Waals surface area (Å²) in [6, 6.07) is -1.40. The van der Waals surface area contributed by atoms with E-state index in [1.165, 1.54) is 0 Å². The largest absolute Gasteiger partial charge is 0.465 e. The number of fused-ring (bicyclic) bond motifs is 1. The van der Waals surface area contributed by atoms with Crippen molar-refractivity contribution in [3.63, 3.8) is 0 Å². The summed E-state index contributed by atoms with van der Waals surface area (Å²) in [6.07, 6.45) is -1.55. The fraction of sp³-hybridized carbons (Fsp3) is 0.812. The molecule has 2 amide bonds. The quantitative estimate of drug-likeness (QED) is 0.774. The van der Waals surface area contributed by atoms with Gasteiger partial charge in [-0.3, -0.25) is 14.5 Å². The van der Waals surface area contributed by atoms with Gasteiger partial charge >= 0.3 is 12.1 Å². The molecule has 7 nitrogen and oxygen atoms in total. The van der Waals surface area contributed by atoms with Crippen molar-refractivity contribution in [1.82, 2.24) is 9.80 Å². The van der Waals surface area contributed by atoms with E-state index in [-0.39, 0.29) is 13.1 Å². The molecule has 2 fully saturated rings. The van der Waals surface area contributed by atoms with Crippen LogP contribution < -0.4 is 0 Å². The maximum Gasteiger partial charge on any atom is 0.408 e. The molecule has 2 aliphatic heterocycles. The molecular formula is C16H24F2N2O5. The first-order valence-electron chi connectivity index (χ1n) is 8.05. The molecule has 9 heteroatoms. The Morgan fingerprint density at radius 1 is 1.28 bits per heavy atom. The average Bonchev–Trinajstić information content (AvgIpc) is 2.85. The number of carbonyl (C=O) groups is 3. The number of hydrogen-bond donors (Lipinski definition) is 1. The van der Waals surface area contributed by atoms with Crippen molar-refractivity contribution in [1.29, 1.82) is 0 Å². The van der Waals surface area contributed by atoms with Crippen molar-refractivity contribution in [3.8, 4) is 0 Å². The molecule has 0 bridgehead atoms. The van der Waals surface area contributed by atoms with Crippen molar-refractivity contribution in [2.75, 3.05) is 19.6 Å². The monoisotopic (exact) mass is 362 g/mol. The Hall–Kier alpha value is -1.93. The molecule has 142 valence electrons. The average molecular weight is 362 g/mol. The van der Waals surface area contributed by atoms with E-state index in [1.54, 1.807) is 34.6 Å². The summed E-state index contributed by atoms with van der Waals surface area (Å²) < 4.78 is 33.5. The number of likely N-dealkylation sites (tertiary alicyclic amines) is 2. The van der Waals surface area contributed by atoms with Gasteiger partial charge in [0.25, 0.3) is 5.92 Å². The van der Waals surface area contributed by atoms with Crippen LogP contribution in [-0.2, 0) is 14.3 Å². The summed E-state index contributed by atoms with van der Waals surface area (Å²) in [7, 11) is 0. The van der Waals surface area contributed by atoms with Crippen LogP contribution in [0.5, 0.6) is 0 Å². The van der Waals surface area contributed by atoms with Crippen LogP contribution in [0.1, 0.15) is 34.6 Å². The summed E-state index contributed by atoms with van der Waals surface area (Å²) in [4.78, 5) is 37.6. The molecule has 2 rings (SSSR count). The molecule has 0 radical (unpaired) electrons. The van der Waals surface area contributed by atoms with Gasteiger partial charge in [0.2, 0.25) is 5.91 Å². The van der Waals surface area contributed by atoms with Crippen LogP contribution in [0.4, 0.5) is 13.6 Å². The van der Waals surface area contributed by atoms with Gasteiger partial charge in [-0.05, 0) is 34.6 Å². The molecule has 0 aromatic carbocycles. The molecule has 0 spiro atoms. The highest BCUT2D eigenvalue weighted by Crippen LogP contribution is 2.43. The lowest BCUT2D eigenvalue weighted by molar-refractivity contribution is -0.167. The molecule has 2 heterocycles. The van der Waals surface area contributed by atoms with E-state index in [2.05, 4.69) is 0 Å². The molecule has 25 heavy (non-hydrogen) atoms. The predicted octanol–water partition coefficient (Wildman–Crippen LogP) is 1.81. The van der Waals surface area contributed by atoms with Crippen molar-refractivity contribution < 1.29 is 33.0 Å². The lowest BCUT2D eigenvalue weighted by Crippen LogP contribution is -2.47. The summed E-state index contributed by atoms with van der Waals surface area (Å²) in [5.74, 6) is -5.91. The van der Waals surface area contributed by atoms with E-state index >= 15 is 0 Å². The summed E-state index contributed by atoms with van der Waals surface area (Å²) in [5, 5.41) is 9.09. The highest BCUT2D eigenvalue weighted by molar-refractivity contribution is 5.89. The third-order valence-electron chi connectivity index (χ3n) is 4.41. The smallest absolute Gasteiger partial charge is 0.408 e. The highest BCUT2D eigenvalue weighted by atomic mass is 19.3. The van der Waals surface area contributed by atoms with Crippen molar-refractivity contribution in [2.24, 2.45) is 11.3 Å². The third kappa shape index (κ3) is 3.69. The van der Waals surface area contributed by atoms with E-state index in [4.69, 9.17) is 9.84 Å². The Balaban J connectivity index is 2.16. The number of nitrogens with zero attached hydrogens (tertiary/aromatic N) is 2. The van der Waals surface area contributed by atoms with Gasteiger partial charge < -0.3 is 14.7 Å². The van der Waals surface area contributed by atoms with Gasteiger partial charge in [-0.1, -0.05) is 0 Å². The Kier molecular flexibility index (Phi) is 4.51. The molecule has 0 aromatic rings. The number of ether oxygens (including phenoxy) is 1. The van der Waals surface area contributed by atoms with E-state index in [1.807, 2.05) is 0 Å². The van der Waals surface area contributed by atoms with Crippen LogP contribution in [0.3, 0.4) is 0 Å². The molecule has 2 atom stereocenters. The van der Waals surface area contributed by atoms with Gasteiger partial charge in [-0.2, -0.15) is 0 Å². The lowest BCUT2D eigenvalue weighted by atomic mass is 9.92. The van der Waals surface area contributed by atoms with Crippen LogP contribution in [0.2, 0.25) is 0 Å². The number of carbonyl (C=O) groups excluding carboxylic acids is 2. The van der Waals surface area contributed by atoms with E-state index in [9.17, 15) is 23.2 Å². The van der Waals surface area contributed by atoms with Gasteiger partial charge in [0.15, 0.2) is 0 Å². The molecule has 1 N–H and O–H groups in total. The lowest BCUT2D eigenvalue weighted by Gasteiger charge is -2.32. The molecule has 0 aromatic heterocycles. The van der Waals surface area contributed by atoms with Crippen LogP contribution in [0, 0.1) is 11.3 Å². The van der Waals surface area contributed by atoms with E-state index < -0.39 is 53.4 Å². The predicted molar refractivity (Wildman–Crippen MR) is 83.2 cm³/mol. The van der Waals surface area contributed by atoms with Gasteiger partial charge in [0, 0.05) is 13.1 Å². The number of amides is 2. The Morgan fingerprint density at radius 3 is 2.32 bits per heavy atom. The molecule has 0 saturated carbocycles. The maximum atomic E-state index is 14.1. The number of esters is 1. The third-order valence-corrected chi connectivity index (χ3v) is 4.41. The summed E-state index contributed by atoms with van der Waals surface area (Å²) >= 11 is 0. The first-order valence-corrected chi connectivity index (χ1v) is 8.05. The topological polar surface area (TPSA) is 87.2 Å². The second-order valence-corrected chi connectivity index (χ2v) is 8.33. The van der Waals surface area contributed by atoms with Crippen LogP contribution in [0.25, 0.3) is 0 Å². The number of halogens is 2. The van der Waals surface area contributed by atoms with Crippen molar-refractivity contribution in [2.45, 2.75) is 52.2 Å². The minimum absolute atomic E-state index is 0.114. The summed E-state index contributed by atoms with van der Waals surface area (Å²) in [6.45, 7) is 6.87. The zero-order chi connectivity index (χ0) is 19.4. The van der Waals surface area contributed by atoms with Crippen LogP contribution in [-0.4, -0.2) is 70.1 Å². The Labute approximate surface area is 144 Å². The normalized spacial score (nSPS) is 26.0. The van der Waals surface area contributed by atoms with Crippen LogP contribution >= 0.6 is 0 Å². The number of rotatable bonds is 3. The minimum atomic E-state index is -3.27. The second-order valence-electron chi connectivity index (χ2n) is 8.33. The zero-order valence-corrected chi connectivity index (χ0v) is 15.0. The van der Waals surface area contributed by atoms with E-state index in [0.717, 1.165) is 4.90 Å². The van der Waals surface area contributed by atoms with Crippen LogP contribution in [0.15, 0.2) is 0 Å². The number of hydrogen-bond acceptors (Lipinski definition) is 4. The highest BCUT2D eigenvalue weighted by Gasteiger charge is 2.63. The molecule has 2 saturated heterocycles. The zero-order valence-electron chi connectivity index (χ0n) is 15.0. The maximum absolute atomic E-state index is 14.1. The molecular weight excluding hydrogens is 338 g/mol. The van der Waals surface area contributed by atoms with E-state index in [0.29, 0.717) is 4.90 Å². The number of alkyl halides is 2. The molecule has 2 aliphatic rings. The second kappa shape index (κ2) is 5.81.